The van der Waals surface area contributed by atoms with Crippen molar-refractivity contribution in [2.75, 3.05) is 13.1 Å². The smallest absolute Gasteiger partial charge is 0.225 e. The molecule has 1 saturated heterocycles. The molecular weight excluding hydrogens is 224 g/mol. The van der Waals surface area contributed by atoms with Crippen LogP contribution in [-0.4, -0.2) is 28.9 Å². The van der Waals surface area contributed by atoms with Crippen LogP contribution in [0.15, 0.2) is 18.2 Å². The minimum absolute atomic E-state index is 0.0919. The van der Waals surface area contributed by atoms with E-state index in [1.807, 2.05) is 31.7 Å². The molecule has 1 unspecified atom stereocenters. The summed E-state index contributed by atoms with van der Waals surface area (Å²) in [6.07, 6.45) is 2.22. The van der Waals surface area contributed by atoms with Gasteiger partial charge in [-0.3, -0.25) is 9.78 Å². The quantitative estimate of drug-likeness (QED) is 0.804. The van der Waals surface area contributed by atoms with Crippen LogP contribution in [0, 0.1) is 12.8 Å². The number of pyridine rings is 1. The number of amides is 1. The Labute approximate surface area is 109 Å². The van der Waals surface area contributed by atoms with Crippen molar-refractivity contribution in [1.29, 1.82) is 0 Å². The van der Waals surface area contributed by atoms with Crippen LogP contribution in [-0.2, 0) is 4.79 Å². The topological polar surface area (TPSA) is 33.2 Å². The zero-order valence-electron chi connectivity index (χ0n) is 11.5. The van der Waals surface area contributed by atoms with Crippen LogP contribution >= 0.6 is 0 Å². The zero-order valence-corrected chi connectivity index (χ0v) is 11.5. The Kier molecular flexibility index (Phi) is 4.00. The number of rotatable bonds is 2. The number of carbonyl (C=O) groups is 1. The summed E-state index contributed by atoms with van der Waals surface area (Å²) in [6.45, 7) is 7.68. The van der Waals surface area contributed by atoms with E-state index in [0.717, 1.165) is 37.3 Å². The van der Waals surface area contributed by atoms with Gasteiger partial charge in [0, 0.05) is 36.3 Å². The van der Waals surface area contributed by atoms with E-state index in [0.29, 0.717) is 5.92 Å². The van der Waals surface area contributed by atoms with E-state index in [9.17, 15) is 4.79 Å². The molecule has 1 fully saturated rings. The summed E-state index contributed by atoms with van der Waals surface area (Å²) in [5.74, 6) is 0.767. The molecule has 1 aliphatic rings. The molecule has 3 heteroatoms. The van der Waals surface area contributed by atoms with Gasteiger partial charge in [-0.2, -0.15) is 0 Å². The van der Waals surface area contributed by atoms with Crippen molar-refractivity contribution < 1.29 is 4.79 Å². The molecule has 0 aliphatic carbocycles. The molecular formula is C15H22N2O. The minimum atomic E-state index is 0.0919. The highest BCUT2D eigenvalue weighted by molar-refractivity contribution is 5.78. The molecule has 1 aliphatic heterocycles. The summed E-state index contributed by atoms with van der Waals surface area (Å²) < 4.78 is 0. The number of nitrogens with zero attached hydrogens (tertiary/aromatic N) is 2. The molecule has 1 amide bonds. The van der Waals surface area contributed by atoms with Crippen LogP contribution in [0.25, 0.3) is 0 Å². The average molecular weight is 246 g/mol. The second-order valence-electron chi connectivity index (χ2n) is 5.48. The molecule has 2 heterocycles. The Balaban J connectivity index is 2.09. The molecule has 1 aromatic heterocycles. The van der Waals surface area contributed by atoms with Crippen LogP contribution < -0.4 is 0 Å². The molecule has 3 nitrogen and oxygen atoms in total. The van der Waals surface area contributed by atoms with E-state index in [1.54, 1.807) is 0 Å². The van der Waals surface area contributed by atoms with Crippen LogP contribution in [0.2, 0.25) is 0 Å². The number of hydrogen-bond donors (Lipinski definition) is 0. The van der Waals surface area contributed by atoms with Gasteiger partial charge in [0.15, 0.2) is 0 Å². The summed E-state index contributed by atoms with van der Waals surface area (Å²) in [6, 6.07) is 6.16. The molecule has 18 heavy (non-hydrogen) atoms. The highest BCUT2D eigenvalue weighted by Gasteiger charge is 2.26. The first-order chi connectivity index (χ1) is 8.58. The third kappa shape index (κ3) is 2.89. The Bertz CT molecular complexity index is 428. The lowest BCUT2D eigenvalue weighted by Crippen LogP contribution is -2.41. The maximum atomic E-state index is 12.0. The summed E-state index contributed by atoms with van der Waals surface area (Å²) in [5, 5.41) is 0. The van der Waals surface area contributed by atoms with Gasteiger partial charge in [0.2, 0.25) is 5.91 Å². The molecule has 98 valence electrons. The molecule has 0 aromatic carbocycles. The van der Waals surface area contributed by atoms with Gasteiger partial charge in [-0.1, -0.05) is 19.9 Å². The Hall–Kier alpha value is -1.38. The van der Waals surface area contributed by atoms with Crippen molar-refractivity contribution in [2.24, 2.45) is 5.92 Å². The van der Waals surface area contributed by atoms with Crippen LogP contribution in [0.3, 0.4) is 0 Å². The monoisotopic (exact) mass is 246 g/mol. The second-order valence-corrected chi connectivity index (χ2v) is 5.48. The van der Waals surface area contributed by atoms with Gasteiger partial charge in [-0.25, -0.2) is 0 Å². The maximum absolute atomic E-state index is 12.0. The molecule has 1 atom stereocenters. The molecule has 1 aromatic rings. The van der Waals surface area contributed by atoms with Crippen molar-refractivity contribution in [2.45, 2.75) is 39.5 Å². The lowest BCUT2D eigenvalue weighted by molar-refractivity contribution is -0.135. The summed E-state index contributed by atoms with van der Waals surface area (Å²) in [5.41, 5.74) is 2.19. The Morgan fingerprint density at radius 2 is 2.22 bits per heavy atom. The fourth-order valence-electron chi connectivity index (χ4n) is 2.58. The molecule has 2 rings (SSSR count). The van der Waals surface area contributed by atoms with Gasteiger partial charge in [0.05, 0.1) is 0 Å². The number of likely N-dealkylation sites (tertiary alicyclic amines) is 1. The Morgan fingerprint density at radius 1 is 1.44 bits per heavy atom. The third-order valence-electron chi connectivity index (χ3n) is 3.56. The van der Waals surface area contributed by atoms with E-state index in [2.05, 4.69) is 17.1 Å². The van der Waals surface area contributed by atoms with Crippen molar-refractivity contribution >= 4 is 5.91 Å². The van der Waals surface area contributed by atoms with Gasteiger partial charge >= 0.3 is 0 Å². The predicted octanol–water partition coefficient (Wildman–Crippen LogP) is 2.75. The van der Waals surface area contributed by atoms with Crippen molar-refractivity contribution in [3.8, 4) is 0 Å². The summed E-state index contributed by atoms with van der Waals surface area (Å²) in [4.78, 5) is 18.6. The average Bonchev–Trinajstić information content (AvgIpc) is 2.38. The molecule has 0 saturated carbocycles. The third-order valence-corrected chi connectivity index (χ3v) is 3.56. The van der Waals surface area contributed by atoms with Gasteiger partial charge in [0.25, 0.3) is 0 Å². The number of carbonyl (C=O) groups excluding carboxylic acids is 1. The largest absolute Gasteiger partial charge is 0.342 e. The first kappa shape index (κ1) is 13.1. The summed E-state index contributed by atoms with van der Waals surface area (Å²) >= 11 is 0. The fourth-order valence-corrected chi connectivity index (χ4v) is 2.58. The fraction of sp³-hybridized carbons (Fsp3) is 0.600. The highest BCUT2D eigenvalue weighted by atomic mass is 16.2. The van der Waals surface area contributed by atoms with E-state index < -0.39 is 0 Å². The van der Waals surface area contributed by atoms with Crippen LogP contribution in [0.5, 0.6) is 0 Å². The van der Waals surface area contributed by atoms with Gasteiger partial charge < -0.3 is 4.90 Å². The lowest BCUT2D eigenvalue weighted by Gasteiger charge is -2.33. The predicted molar refractivity (Wildman–Crippen MR) is 72.4 cm³/mol. The van der Waals surface area contributed by atoms with E-state index in [-0.39, 0.29) is 11.8 Å². The van der Waals surface area contributed by atoms with Gasteiger partial charge in [0.1, 0.15) is 0 Å². The van der Waals surface area contributed by atoms with Gasteiger partial charge in [-0.15, -0.1) is 0 Å². The maximum Gasteiger partial charge on any atom is 0.225 e. The zero-order chi connectivity index (χ0) is 13.1. The normalized spacial score (nSPS) is 20.2. The van der Waals surface area contributed by atoms with E-state index >= 15 is 0 Å². The van der Waals surface area contributed by atoms with Gasteiger partial charge in [-0.05, 0) is 31.9 Å². The molecule has 0 spiro atoms. The minimum Gasteiger partial charge on any atom is -0.342 e. The standard InChI is InChI=1S/C15H22N2O/c1-11(2)15(18)17-9-5-7-13(10-17)14-8-4-6-12(3)16-14/h4,6,8,11,13H,5,7,9-10H2,1-3H3. The van der Waals surface area contributed by atoms with Crippen molar-refractivity contribution in [1.82, 2.24) is 9.88 Å². The number of hydrogen-bond acceptors (Lipinski definition) is 2. The van der Waals surface area contributed by atoms with Crippen molar-refractivity contribution in [3.63, 3.8) is 0 Å². The van der Waals surface area contributed by atoms with E-state index in [4.69, 9.17) is 0 Å². The number of aromatic nitrogens is 1. The van der Waals surface area contributed by atoms with Crippen molar-refractivity contribution in [3.05, 3.63) is 29.6 Å². The summed E-state index contributed by atoms with van der Waals surface area (Å²) in [7, 11) is 0. The number of aryl methyl sites for hydroxylation is 1. The first-order valence-electron chi connectivity index (χ1n) is 6.80. The molecule has 0 radical (unpaired) electrons. The first-order valence-corrected chi connectivity index (χ1v) is 6.80. The lowest BCUT2D eigenvalue weighted by atomic mass is 9.93. The SMILES string of the molecule is Cc1cccc(C2CCCN(C(=O)C(C)C)C2)n1. The van der Waals surface area contributed by atoms with Crippen LogP contribution in [0.1, 0.15) is 44.0 Å². The van der Waals surface area contributed by atoms with E-state index in [1.165, 1.54) is 0 Å². The molecule has 0 bridgehead atoms. The highest BCUT2D eigenvalue weighted by Crippen LogP contribution is 2.26. The van der Waals surface area contributed by atoms with Crippen LogP contribution in [0.4, 0.5) is 0 Å². The number of piperidine rings is 1. The second kappa shape index (κ2) is 5.51. The Morgan fingerprint density at radius 3 is 2.89 bits per heavy atom. The molecule has 0 N–H and O–H groups in total.